The summed E-state index contributed by atoms with van der Waals surface area (Å²) in [6.07, 6.45) is 0. The summed E-state index contributed by atoms with van der Waals surface area (Å²) in [5.41, 5.74) is 8.57. The summed E-state index contributed by atoms with van der Waals surface area (Å²) in [7, 11) is 0. The number of carbonyl (C=O) groups excluding carboxylic acids is 2. The van der Waals surface area contributed by atoms with Crippen LogP contribution in [0.2, 0.25) is 0 Å². The number of thioether (sulfide) groups is 1. The van der Waals surface area contributed by atoms with Gasteiger partial charge in [0.25, 0.3) is 0 Å². The van der Waals surface area contributed by atoms with Crippen molar-refractivity contribution >= 4 is 62.9 Å². The summed E-state index contributed by atoms with van der Waals surface area (Å²) in [6.45, 7) is 0. The predicted octanol–water partition coefficient (Wildman–Crippen LogP) is 3.07. The van der Waals surface area contributed by atoms with Crippen LogP contribution in [0.5, 0.6) is 0 Å². The quantitative estimate of drug-likeness (QED) is 0.503. The van der Waals surface area contributed by atoms with Gasteiger partial charge in [-0.2, -0.15) is 8.75 Å². The number of carbonyl (C=O) groups is 2. The highest BCUT2D eigenvalue weighted by atomic mass is 32.2. The highest BCUT2D eigenvalue weighted by molar-refractivity contribution is 7.99. The number of amides is 2. The van der Waals surface area contributed by atoms with Crippen LogP contribution in [0.3, 0.4) is 0 Å². The van der Waals surface area contributed by atoms with Gasteiger partial charge in [0, 0.05) is 5.39 Å². The molecule has 3 N–H and O–H groups in total. The van der Waals surface area contributed by atoms with Crippen LogP contribution in [0.4, 0.5) is 5.69 Å². The number of aromatic nitrogens is 3. The van der Waals surface area contributed by atoms with Crippen molar-refractivity contribution in [3.8, 4) is 0 Å². The number of para-hydroxylation sites is 1. The third kappa shape index (κ3) is 3.60. The maximum Gasteiger partial charge on any atom is 0.249 e. The number of fused-ring (bicyclic) bond motifs is 2. The second-order valence-electron chi connectivity index (χ2n) is 5.66. The lowest BCUT2D eigenvalue weighted by atomic mass is 10.1. The number of rotatable bonds is 5. The molecule has 0 saturated heterocycles. The number of nitrogens with two attached hydrogens (primary N) is 1. The summed E-state index contributed by atoms with van der Waals surface area (Å²) >= 11 is 2.34. The van der Waals surface area contributed by atoms with Gasteiger partial charge in [-0.3, -0.25) is 9.59 Å². The Hall–Kier alpha value is -3.04. The van der Waals surface area contributed by atoms with Crippen molar-refractivity contribution in [3.05, 3.63) is 54.1 Å². The molecular formula is C18H13N5O2S2. The Labute approximate surface area is 162 Å². The number of pyridine rings is 1. The molecule has 0 aliphatic carbocycles. The fraction of sp³-hybridized carbons (Fsp3) is 0.0556. The first kappa shape index (κ1) is 17.4. The van der Waals surface area contributed by atoms with Crippen LogP contribution < -0.4 is 11.1 Å². The minimum atomic E-state index is -0.525. The van der Waals surface area contributed by atoms with Crippen molar-refractivity contribution in [1.82, 2.24) is 13.7 Å². The first-order valence-corrected chi connectivity index (χ1v) is 9.67. The molecule has 7 nitrogen and oxygen atoms in total. The lowest BCUT2D eigenvalue weighted by Crippen LogP contribution is -2.15. The van der Waals surface area contributed by atoms with E-state index in [1.807, 2.05) is 30.3 Å². The molecule has 0 fully saturated rings. The number of nitrogens with one attached hydrogen (secondary N) is 1. The summed E-state index contributed by atoms with van der Waals surface area (Å²) < 4.78 is 8.36. The van der Waals surface area contributed by atoms with Gasteiger partial charge in [0.15, 0.2) is 0 Å². The van der Waals surface area contributed by atoms with E-state index in [-0.39, 0.29) is 11.7 Å². The third-order valence-electron chi connectivity index (χ3n) is 3.87. The van der Waals surface area contributed by atoms with Crippen molar-refractivity contribution in [2.75, 3.05) is 11.1 Å². The van der Waals surface area contributed by atoms with Gasteiger partial charge in [-0.05, 0) is 24.3 Å². The van der Waals surface area contributed by atoms with Gasteiger partial charge in [-0.25, -0.2) is 4.98 Å². The number of hydrogen-bond donors (Lipinski definition) is 2. The van der Waals surface area contributed by atoms with E-state index in [2.05, 4.69) is 19.0 Å². The smallest absolute Gasteiger partial charge is 0.249 e. The van der Waals surface area contributed by atoms with E-state index in [0.29, 0.717) is 32.7 Å². The normalized spacial score (nSPS) is 11.0. The summed E-state index contributed by atoms with van der Waals surface area (Å²) in [4.78, 5) is 28.6. The molecule has 0 aliphatic heterocycles. The largest absolute Gasteiger partial charge is 0.366 e. The van der Waals surface area contributed by atoms with Crippen molar-refractivity contribution in [1.29, 1.82) is 0 Å². The number of hydrogen-bond acceptors (Lipinski definition) is 7. The van der Waals surface area contributed by atoms with Crippen LogP contribution in [0.1, 0.15) is 10.4 Å². The molecule has 9 heteroatoms. The van der Waals surface area contributed by atoms with Crippen molar-refractivity contribution in [2.45, 2.75) is 5.03 Å². The first-order chi connectivity index (χ1) is 13.1. The molecular weight excluding hydrogens is 382 g/mol. The summed E-state index contributed by atoms with van der Waals surface area (Å²) in [5.74, 6) is -0.587. The van der Waals surface area contributed by atoms with Crippen LogP contribution in [0, 0.1) is 0 Å². The Morgan fingerprint density at radius 3 is 2.74 bits per heavy atom. The maximum absolute atomic E-state index is 12.3. The number of primary amides is 1. The Balaban J connectivity index is 1.52. The van der Waals surface area contributed by atoms with E-state index in [1.165, 1.54) is 11.8 Å². The van der Waals surface area contributed by atoms with Crippen molar-refractivity contribution in [2.24, 2.45) is 5.73 Å². The first-order valence-electron chi connectivity index (χ1n) is 7.95. The lowest BCUT2D eigenvalue weighted by Gasteiger charge is -2.08. The van der Waals surface area contributed by atoms with Gasteiger partial charge < -0.3 is 11.1 Å². The Morgan fingerprint density at radius 2 is 1.89 bits per heavy atom. The van der Waals surface area contributed by atoms with Gasteiger partial charge in [-0.1, -0.05) is 36.0 Å². The monoisotopic (exact) mass is 395 g/mol. The van der Waals surface area contributed by atoms with Crippen LogP contribution in [0.15, 0.2) is 53.6 Å². The minimum Gasteiger partial charge on any atom is -0.366 e. The molecule has 0 unspecified atom stereocenters. The molecule has 134 valence electrons. The van der Waals surface area contributed by atoms with Gasteiger partial charge in [0.1, 0.15) is 11.0 Å². The fourth-order valence-electron chi connectivity index (χ4n) is 2.66. The lowest BCUT2D eigenvalue weighted by molar-refractivity contribution is -0.113. The molecule has 2 heterocycles. The van der Waals surface area contributed by atoms with E-state index < -0.39 is 5.91 Å². The van der Waals surface area contributed by atoms with Crippen molar-refractivity contribution in [3.63, 3.8) is 0 Å². The fourth-order valence-corrected chi connectivity index (χ4v) is 3.93. The molecule has 0 aliphatic rings. The van der Waals surface area contributed by atoms with Crippen LogP contribution in [0.25, 0.3) is 21.9 Å². The zero-order valence-electron chi connectivity index (χ0n) is 13.9. The van der Waals surface area contributed by atoms with Gasteiger partial charge >= 0.3 is 0 Å². The molecule has 0 spiro atoms. The van der Waals surface area contributed by atoms with Crippen molar-refractivity contribution < 1.29 is 9.59 Å². The van der Waals surface area contributed by atoms with Crippen LogP contribution >= 0.6 is 23.5 Å². The second kappa shape index (κ2) is 7.29. The van der Waals surface area contributed by atoms with E-state index in [0.717, 1.165) is 17.2 Å². The Morgan fingerprint density at radius 1 is 1.07 bits per heavy atom. The SMILES string of the molecule is NC(=O)c1cc(SCC(=O)Nc2cccc3nsnc23)nc2ccccc12. The van der Waals surface area contributed by atoms with E-state index in [9.17, 15) is 9.59 Å². The van der Waals surface area contributed by atoms with Gasteiger partial charge in [-0.15, -0.1) is 0 Å². The molecule has 4 aromatic rings. The zero-order valence-corrected chi connectivity index (χ0v) is 15.5. The Kier molecular flexibility index (Phi) is 4.69. The average Bonchev–Trinajstić information content (AvgIpc) is 3.15. The van der Waals surface area contributed by atoms with E-state index in [4.69, 9.17) is 5.73 Å². The van der Waals surface area contributed by atoms with Gasteiger partial charge in [0.2, 0.25) is 11.8 Å². The predicted molar refractivity (Wildman–Crippen MR) is 107 cm³/mol. The van der Waals surface area contributed by atoms with Crippen LogP contribution in [-0.2, 0) is 4.79 Å². The average molecular weight is 395 g/mol. The topological polar surface area (TPSA) is 111 Å². The number of anilines is 1. The van der Waals surface area contributed by atoms with E-state index in [1.54, 1.807) is 18.2 Å². The molecule has 2 amide bonds. The molecule has 0 saturated carbocycles. The molecule has 27 heavy (non-hydrogen) atoms. The molecule has 0 atom stereocenters. The highest BCUT2D eigenvalue weighted by Crippen LogP contribution is 2.25. The molecule has 4 rings (SSSR count). The summed E-state index contributed by atoms with van der Waals surface area (Å²) in [6, 6.07) is 14.3. The van der Waals surface area contributed by atoms with E-state index >= 15 is 0 Å². The standard InChI is InChI=1S/C18H13N5O2S2/c19-18(25)11-8-16(21-12-5-2-1-4-10(11)12)26-9-15(24)20-13-6-3-7-14-17(13)23-27-22-14/h1-8H,9H2,(H2,19,25)(H,20,24). The molecule has 2 aromatic carbocycles. The maximum atomic E-state index is 12.3. The highest BCUT2D eigenvalue weighted by Gasteiger charge is 2.13. The number of nitrogens with zero attached hydrogens (tertiary/aromatic N) is 3. The third-order valence-corrected chi connectivity index (χ3v) is 5.32. The second-order valence-corrected chi connectivity index (χ2v) is 7.19. The zero-order chi connectivity index (χ0) is 18.8. The molecule has 0 bridgehead atoms. The minimum absolute atomic E-state index is 0.136. The van der Waals surface area contributed by atoms with Gasteiger partial charge in [0.05, 0.1) is 39.3 Å². The summed E-state index contributed by atoms with van der Waals surface area (Å²) in [5, 5.41) is 4.10. The van der Waals surface area contributed by atoms with Crippen LogP contribution in [-0.4, -0.2) is 31.3 Å². The molecule has 0 radical (unpaired) electrons. The Bertz CT molecular complexity index is 1170. The molecule has 2 aromatic heterocycles. The number of benzene rings is 2.